The van der Waals surface area contributed by atoms with Crippen LogP contribution in [0.25, 0.3) is 0 Å². The lowest BCUT2D eigenvalue weighted by Crippen LogP contribution is -2.36. The Morgan fingerprint density at radius 3 is 2.00 bits per heavy atom. The molecule has 0 aliphatic carbocycles. The molecule has 0 saturated carbocycles. The Hall–Kier alpha value is -1.01. The molecular weight excluding hydrogens is 411 g/mol. The summed E-state index contributed by atoms with van der Waals surface area (Å²) >= 11 is 3.31. The van der Waals surface area contributed by atoms with E-state index in [2.05, 4.69) is 15.9 Å². The van der Waals surface area contributed by atoms with Crippen LogP contribution < -0.4 is 0 Å². The van der Waals surface area contributed by atoms with E-state index in [4.69, 9.17) is 13.8 Å². The largest absolute Gasteiger partial charge is 0.465 e. The van der Waals surface area contributed by atoms with Gasteiger partial charge in [-0.3, -0.25) is 14.2 Å². The SMILES string of the molecule is CCOC(=O)[C@@H]([C@@H](C)C(=O)c1ccc(Br)cc1)P(=O)(OCC)OCC. The molecule has 0 amide bonds. The Morgan fingerprint density at radius 1 is 1.04 bits per heavy atom. The maximum Gasteiger partial charge on any atom is 0.345 e. The summed E-state index contributed by atoms with van der Waals surface area (Å²) in [5.74, 6) is -2.01. The highest BCUT2D eigenvalue weighted by atomic mass is 79.9. The minimum absolute atomic E-state index is 0.0897. The molecule has 0 N–H and O–H groups in total. The van der Waals surface area contributed by atoms with E-state index in [1.165, 1.54) is 6.92 Å². The number of benzene rings is 1. The minimum Gasteiger partial charge on any atom is -0.465 e. The molecule has 1 aromatic rings. The van der Waals surface area contributed by atoms with Crippen molar-refractivity contribution in [3.63, 3.8) is 0 Å². The van der Waals surface area contributed by atoms with Crippen LogP contribution in [0.4, 0.5) is 0 Å². The van der Waals surface area contributed by atoms with Crippen LogP contribution in [0.15, 0.2) is 28.7 Å². The highest BCUT2D eigenvalue weighted by molar-refractivity contribution is 9.10. The van der Waals surface area contributed by atoms with Gasteiger partial charge in [-0.25, -0.2) is 0 Å². The predicted octanol–water partition coefficient (Wildman–Crippen LogP) is 4.47. The number of carbonyl (C=O) groups excluding carboxylic acids is 2. The van der Waals surface area contributed by atoms with E-state index in [-0.39, 0.29) is 25.6 Å². The summed E-state index contributed by atoms with van der Waals surface area (Å²) in [5, 5.41) is 0. The minimum atomic E-state index is -3.86. The molecule has 0 fully saturated rings. The molecule has 0 bridgehead atoms. The standard InChI is InChI=1S/C17H24BrO6P/c1-5-22-17(20)16(25(21,23-6-2)24-7-3)12(4)15(19)13-8-10-14(18)11-9-13/h8-12,16H,5-7H2,1-4H3/t12-,16+/m0/s1. The van der Waals surface area contributed by atoms with Crippen LogP contribution in [-0.2, 0) is 23.1 Å². The van der Waals surface area contributed by atoms with Crippen molar-refractivity contribution in [2.45, 2.75) is 33.4 Å². The first-order chi connectivity index (χ1) is 11.8. The molecule has 25 heavy (non-hydrogen) atoms. The number of halogens is 1. The zero-order chi connectivity index (χ0) is 19.0. The van der Waals surface area contributed by atoms with Gasteiger partial charge in [0.2, 0.25) is 0 Å². The molecule has 0 radical (unpaired) electrons. The molecule has 0 spiro atoms. The summed E-state index contributed by atoms with van der Waals surface area (Å²) in [6.45, 7) is 6.76. The lowest BCUT2D eigenvalue weighted by atomic mass is 9.96. The van der Waals surface area contributed by atoms with Gasteiger partial charge >= 0.3 is 13.6 Å². The summed E-state index contributed by atoms with van der Waals surface area (Å²) in [5.41, 5.74) is -0.909. The Balaban J connectivity index is 3.25. The van der Waals surface area contributed by atoms with Crippen LogP contribution in [0.3, 0.4) is 0 Å². The second kappa shape index (κ2) is 10.2. The third-order valence-electron chi connectivity index (χ3n) is 3.50. The third kappa shape index (κ3) is 5.74. The number of hydrogen-bond donors (Lipinski definition) is 0. The summed E-state index contributed by atoms with van der Waals surface area (Å²) in [6.07, 6.45) is 0. The van der Waals surface area contributed by atoms with Gasteiger partial charge in [-0.15, -0.1) is 0 Å². The summed E-state index contributed by atoms with van der Waals surface area (Å²) in [7, 11) is -3.86. The van der Waals surface area contributed by atoms with E-state index >= 15 is 0 Å². The average molecular weight is 435 g/mol. The molecule has 140 valence electrons. The second-order valence-electron chi connectivity index (χ2n) is 5.23. The Morgan fingerprint density at radius 2 is 1.56 bits per heavy atom. The number of esters is 1. The summed E-state index contributed by atoms with van der Waals surface area (Å²) < 4.78 is 29.6. The zero-order valence-electron chi connectivity index (χ0n) is 14.9. The Bertz CT molecular complexity index is 621. The van der Waals surface area contributed by atoms with Crippen LogP contribution >= 0.6 is 23.5 Å². The van der Waals surface area contributed by atoms with Gasteiger partial charge in [0.25, 0.3) is 0 Å². The van der Waals surface area contributed by atoms with Crippen molar-refractivity contribution in [1.82, 2.24) is 0 Å². The lowest BCUT2D eigenvalue weighted by molar-refractivity contribution is -0.143. The number of ether oxygens (including phenoxy) is 1. The molecule has 8 heteroatoms. The fourth-order valence-corrected chi connectivity index (χ4v) is 4.81. The van der Waals surface area contributed by atoms with Gasteiger partial charge in [0.05, 0.1) is 19.8 Å². The van der Waals surface area contributed by atoms with E-state index in [0.717, 1.165) is 4.47 Å². The van der Waals surface area contributed by atoms with Gasteiger partial charge in [-0.2, -0.15) is 0 Å². The first kappa shape index (κ1) is 22.0. The van der Waals surface area contributed by atoms with Crippen LogP contribution in [0.1, 0.15) is 38.1 Å². The van der Waals surface area contributed by atoms with Crippen molar-refractivity contribution < 1.29 is 27.9 Å². The van der Waals surface area contributed by atoms with Crippen LogP contribution in [0.5, 0.6) is 0 Å². The van der Waals surface area contributed by atoms with Crippen molar-refractivity contribution in [3.8, 4) is 0 Å². The van der Waals surface area contributed by atoms with Gasteiger partial charge in [-0.05, 0) is 32.9 Å². The van der Waals surface area contributed by atoms with Gasteiger partial charge in [0.15, 0.2) is 11.4 Å². The molecule has 0 heterocycles. The maximum atomic E-state index is 13.2. The van der Waals surface area contributed by atoms with Gasteiger partial charge < -0.3 is 13.8 Å². The van der Waals surface area contributed by atoms with Gasteiger partial charge in [0, 0.05) is 16.0 Å². The Labute approximate surface area is 156 Å². The zero-order valence-corrected chi connectivity index (χ0v) is 17.3. The van der Waals surface area contributed by atoms with E-state index in [1.54, 1.807) is 45.0 Å². The maximum absolute atomic E-state index is 13.2. The third-order valence-corrected chi connectivity index (χ3v) is 6.61. The lowest BCUT2D eigenvalue weighted by Gasteiger charge is -2.28. The first-order valence-corrected chi connectivity index (χ1v) is 10.6. The molecule has 0 aliphatic heterocycles. The molecule has 1 aromatic carbocycles. The van der Waals surface area contributed by atoms with Gasteiger partial charge in [0.1, 0.15) is 0 Å². The molecule has 0 unspecified atom stereocenters. The van der Waals surface area contributed by atoms with Crippen molar-refractivity contribution >= 4 is 35.3 Å². The normalized spacial score (nSPS) is 14.0. The molecular formula is C17H24BrO6P. The first-order valence-electron chi connectivity index (χ1n) is 8.15. The van der Waals surface area contributed by atoms with E-state index in [9.17, 15) is 14.2 Å². The molecule has 0 saturated heterocycles. The van der Waals surface area contributed by atoms with E-state index in [0.29, 0.717) is 5.56 Å². The molecule has 1 rings (SSSR count). The monoisotopic (exact) mass is 434 g/mol. The van der Waals surface area contributed by atoms with Crippen LogP contribution in [0, 0.1) is 5.92 Å². The van der Waals surface area contributed by atoms with Gasteiger partial charge in [-0.1, -0.05) is 35.0 Å². The smallest absolute Gasteiger partial charge is 0.345 e. The molecule has 2 atom stereocenters. The summed E-state index contributed by atoms with van der Waals surface area (Å²) in [6, 6.07) is 6.73. The van der Waals surface area contributed by atoms with Crippen molar-refractivity contribution in [1.29, 1.82) is 0 Å². The average Bonchev–Trinajstić information content (AvgIpc) is 2.55. The number of rotatable bonds is 10. The van der Waals surface area contributed by atoms with Crippen LogP contribution in [-0.4, -0.2) is 37.2 Å². The number of ketones is 1. The quantitative estimate of drug-likeness (QED) is 0.307. The molecule has 0 aromatic heterocycles. The second-order valence-corrected chi connectivity index (χ2v) is 8.30. The van der Waals surface area contributed by atoms with Crippen LogP contribution in [0.2, 0.25) is 0 Å². The topological polar surface area (TPSA) is 78.9 Å². The van der Waals surface area contributed by atoms with Crippen molar-refractivity contribution in [2.75, 3.05) is 19.8 Å². The Kier molecular flexibility index (Phi) is 9.00. The summed E-state index contributed by atoms with van der Waals surface area (Å²) in [4.78, 5) is 25.3. The number of Topliss-reactive ketones (excluding diaryl/α,β-unsaturated/α-hetero) is 1. The van der Waals surface area contributed by atoms with E-state index < -0.39 is 25.1 Å². The van der Waals surface area contributed by atoms with E-state index in [1.807, 2.05) is 0 Å². The highest BCUT2D eigenvalue weighted by Crippen LogP contribution is 2.56. The number of hydrogen-bond acceptors (Lipinski definition) is 6. The molecule has 6 nitrogen and oxygen atoms in total. The van der Waals surface area contributed by atoms with Crippen molar-refractivity contribution in [3.05, 3.63) is 34.3 Å². The fraction of sp³-hybridized carbons (Fsp3) is 0.529. The predicted molar refractivity (Wildman–Crippen MR) is 98.9 cm³/mol. The number of carbonyl (C=O) groups is 2. The fourth-order valence-electron chi connectivity index (χ4n) is 2.41. The highest BCUT2D eigenvalue weighted by Gasteiger charge is 2.48. The van der Waals surface area contributed by atoms with Crippen molar-refractivity contribution in [2.24, 2.45) is 5.92 Å². The molecule has 0 aliphatic rings.